The zero-order chi connectivity index (χ0) is 20.8. The maximum absolute atomic E-state index is 10.2. The van der Waals surface area contributed by atoms with Crippen molar-refractivity contribution < 1.29 is 10.2 Å². The van der Waals surface area contributed by atoms with Gasteiger partial charge in [0.15, 0.2) is 0 Å². The van der Waals surface area contributed by atoms with Crippen molar-refractivity contribution >= 4 is 0 Å². The van der Waals surface area contributed by atoms with Crippen LogP contribution in [0.15, 0.2) is 23.3 Å². The zero-order valence-electron chi connectivity index (χ0n) is 19.3. The summed E-state index contributed by atoms with van der Waals surface area (Å²) in [7, 11) is 0. The highest BCUT2D eigenvalue weighted by atomic mass is 16.3. The second-order valence-electron chi connectivity index (χ2n) is 11.6. The van der Waals surface area contributed by atoms with Gasteiger partial charge in [-0.2, -0.15) is 0 Å². The van der Waals surface area contributed by atoms with Crippen LogP contribution in [0.2, 0.25) is 0 Å². The van der Waals surface area contributed by atoms with E-state index in [9.17, 15) is 10.2 Å². The molecule has 2 nitrogen and oxygen atoms in total. The van der Waals surface area contributed by atoms with E-state index in [0.717, 1.165) is 54.4 Å². The Hall–Kier alpha value is -0.600. The SMILES string of the molecule is C/C(=C\CC[C@@H](C)[C@H]1CC[C@H]2[C@@H]3CC=C4C[C@@H](O)CC[C@]4(C)[C@H]3CC[C@]12C)CO. The second-order valence-corrected chi connectivity index (χ2v) is 11.6. The van der Waals surface area contributed by atoms with Gasteiger partial charge in [-0.15, -0.1) is 0 Å². The molecule has 0 bridgehead atoms. The highest BCUT2D eigenvalue weighted by Crippen LogP contribution is 2.67. The van der Waals surface area contributed by atoms with Gasteiger partial charge in [0.05, 0.1) is 12.7 Å². The van der Waals surface area contributed by atoms with E-state index in [2.05, 4.69) is 32.9 Å². The topological polar surface area (TPSA) is 40.5 Å². The predicted molar refractivity (Wildman–Crippen MR) is 120 cm³/mol. The van der Waals surface area contributed by atoms with Gasteiger partial charge in [-0.25, -0.2) is 0 Å². The number of rotatable bonds is 5. The van der Waals surface area contributed by atoms with Gasteiger partial charge in [0.1, 0.15) is 0 Å². The van der Waals surface area contributed by atoms with E-state index in [1.54, 1.807) is 5.57 Å². The molecular formula is C27H44O2. The Kier molecular flexibility index (Phi) is 6.08. The quantitative estimate of drug-likeness (QED) is 0.533. The van der Waals surface area contributed by atoms with Crippen LogP contribution < -0.4 is 0 Å². The summed E-state index contributed by atoms with van der Waals surface area (Å²) in [6.07, 6.45) is 17.1. The summed E-state index contributed by atoms with van der Waals surface area (Å²) in [5, 5.41) is 19.5. The molecule has 0 spiro atoms. The molecule has 0 radical (unpaired) electrons. The molecule has 3 fully saturated rings. The second kappa shape index (κ2) is 8.15. The molecule has 29 heavy (non-hydrogen) atoms. The Morgan fingerprint density at radius 2 is 1.97 bits per heavy atom. The minimum atomic E-state index is -0.0973. The summed E-state index contributed by atoms with van der Waals surface area (Å²) in [5.74, 6) is 4.25. The van der Waals surface area contributed by atoms with Crippen molar-refractivity contribution in [1.29, 1.82) is 0 Å². The molecule has 2 N–H and O–H groups in total. The van der Waals surface area contributed by atoms with Gasteiger partial charge in [-0.3, -0.25) is 0 Å². The number of aliphatic hydroxyl groups excluding tert-OH is 2. The molecule has 0 aliphatic heterocycles. The first-order valence-electron chi connectivity index (χ1n) is 12.4. The van der Waals surface area contributed by atoms with Gasteiger partial charge in [0, 0.05) is 0 Å². The average molecular weight is 401 g/mol. The third-order valence-corrected chi connectivity index (χ3v) is 10.2. The Balaban J connectivity index is 1.48. The first kappa shape index (κ1) is 21.6. The van der Waals surface area contributed by atoms with Crippen LogP contribution in [0, 0.1) is 40.4 Å². The van der Waals surface area contributed by atoms with Gasteiger partial charge < -0.3 is 10.2 Å². The first-order chi connectivity index (χ1) is 13.8. The molecule has 0 saturated heterocycles. The molecule has 3 saturated carbocycles. The lowest BCUT2D eigenvalue weighted by atomic mass is 9.47. The van der Waals surface area contributed by atoms with Crippen LogP contribution in [-0.2, 0) is 0 Å². The number of hydrogen-bond donors (Lipinski definition) is 2. The minimum absolute atomic E-state index is 0.0973. The van der Waals surface area contributed by atoms with Crippen molar-refractivity contribution in [3.05, 3.63) is 23.3 Å². The Morgan fingerprint density at radius 3 is 2.72 bits per heavy atom. The highest BCUT2D eigenvalue weighted by molar-refractivity contribution is 5.25. The van der Waals surface area contributed by atoms with Crippen LogP contribution in [0.3, 0.4) is 0 Å². The number of fused-ring (bicyclic) bond motifs is 5. The Labute approximate surface area is 178 Å². The molecule has 4 rings (SSSR count). The lowest BCUT2D eigenvalue weighted by Crippen LogP contribution is -2.50. The molecule has 0 heterocycles. The maximum atomic E-state index is 10.2. The van der Waals surface area contributed by atoms with E-state index in [1.807, 2.05) is 6.92 Å². The van der Waals surface area contributed by atoms with Gasteiger partial charge in [-0.05, 0) is 112 Å². The molecule has 0 amide bonds. The van der Waals surface area contributed by atoms with Crippen LogP contribution >= 0.6 is 0 Å². The highest BCUT2D eigenvalue weighted by Gasteiger charge is 2.59. The van der Waals surface area contributed by atoms with Gasteiger partial charge in [-0.1, -0.05) is 44.1 Å². The van der Waals surface area contributed by atoms with E-state index in [-0.39, 0.29) is 12.7 Å². The van der Waals surface area contributed by atoms with E-state index in [4.69, 9.17) is 0 Å². The fraction of sp³-hybridized carbons (Fsp3) is 0.852. The minimum Gasteiger partial charge on any atom is -0.393 e. The summed E-state index contributed by atoms with van der Waals surface area (Å²) in [6, 6.07) is 0. The third-order valence-electron chi connectivity index (χ3n) is 10.2. The first-order valence-corrected chi connectivity index (χ1v) is 12.4. The normalized spacial score (nSPS) is 45.8. The van der Waals surface area contributed by atoms with Crippen molar-refractivity contribution in [2.45, 2.75) is 98.0 Å². The standard InChI is InChI=1S/C27H44O2/c1-18(17-28)6-5-7-19(2)23-10-11-24-22-9-8-20-16-21(29)12-14-26(20,3)25(22)13-15-27(23,24)4/h6,8,19,21-25,28-29H,5,7,9-17H2,1-4H3/b18-6+/t19-,21+,22+,23-,24+,25+,26+,27-/m1/s1. The van der Waals surface area contributed by atoms with Crippen LogP contribution in [0.1, 0.15) is 91.9 Å². The number of aliphatic hydroxyl groups is 2. The van der Waals surface area contributed by atoms with Crippen molar-refractivity contribution in [2.24, 2.45) is 40.4 Å². The largest absolute Gasteiger partial charge is 0.393 e. The van der Waals surface area contributed by atoms with Gasteiger partial charge >= 0.3 is 0 Å². The summed E-state index contributed by atoms with van der Waals surface area (Å²) in [5.41, 5.74) is 3.59. The lowest BCUT2D eigenvalue weighted by Gasteiger charge is -2.58. The van der Waals surface area contributed by atoms with Gasteiger partial charge in [0.25, 0.3) is 0 Å². The smallest absolute Gasteiger partial charge is 0.0639 e. The van der Waals surface area contributed by atoms with E-state index < -0.39 is 0 Å². The van der Waals surface area contributed by atoms with Crippen LogP contribution in [-0.4, -0.2) is 22.9 Å². The molecule has 4 aliphatic carbocycles. The summed E-state index contributed by atoms with van der Waals surface area (Å²) >= 11 is 0. The molecular weight excluding hydrogens is 356 g/mol. The fourth-order valence-corrected chi connectivity index (χ4v) is 8.48. The number of allylic oxidation sites excluding steroid dienone is 2. The summed E-state index contributed by atoms with van der Waals surface area (Å²) in [4.78, 5) is 0. The Bertz CT molecular complexity index is 663. The van der Waals surface area contributed by atoms with Crippen molar-refractivity contribution in [2.75, 3.05) is 6.61 Å². The molecule has 164 valence electrons. The van der Waals surface area contributed by atoms with Crippen molar-refractivity contribution in [3.63, 3.8) is 0 Å². The van der Waals surface area contributed by atoms with Crippen LogP contribution in [0.25, 0.3) is 0 Å². The van der Waals surface area contributed by atoms with Crippen LogP contribution in [0.4, 0.5) is 0 Å². The predicted octanol–water partition coefficient (Wildman–Crippen LogP) is 6.28. The lowest BCUT2D eigenvalue weighted by molar-refractivity contribution is -0.0571. The summed E-state index contributed by atoms with van der Waals surface area (Å²) in [6.45, 7) is 9.91. The monoisotopic (exact) mass is 400 g/mol. The van der Waals surface area contributed by atoms with Crippen molar-refractivity contribution in [1.82, 2.24) is 0 Å². The fourth-order valence-electron chi connectivity index (χ4n) is 8.48. The van der Waals surface area contributed by atoms with Crippen LogP contribution in [0.5, 0.6) is 0 Å². The van der Waals surface area contributed by atoms with E-state index in [1.165, 1.54) is 44.9 Å². The molecule has 0 aromatic rings. The average Bonchev–Trinajstić information content (AvgIpc) is 3.05. The number of hydrogen-bond acceptors (Lipinski definition) is 2. The zero-order valence-corrected chi connectivity index (χ0v) is 19.3. The molecule has 0 aromatic heterocycles. The summed E-state index contributed by atoms with van der Waals surface area (Å²) < 4.78 is 0. The molecule has 2 heteroatoms. The Morgan fingerprint density at radius 1 is 1.17 bits per heavy atom. The third kappa shape index (κ3) is 3.67. The van der Waals surface area contributed by atoms with E-state index >= 15 is 0 Å². The maximum Gasteiger partial charge on any atom is 0.0639 e. The van der Waals surface area contributed by atoms with Crippen molar-refractivity contribution in [3.8, 4) is 0 Å². The molecule has 4 aliphatic rings. The molecule has 8 atom stereocenters. The van der Waals surface area contributed by atoms with E-state index in [0.29, 0.717) is 10.8 Å². The molecule has 0 aromatic carbocycles. The van der Waals surface area contributed by atoms with Gasteiger partial charge in [0.2, 0.25) is 0 Å². The molecule has 0 unspecified atom stereocenters.